The number of nitrogens with one attached hydrogen (secondary N) is 1. The van der Waals surface area contributed by atoms with Gasteiger partial charge in [-0.1, -0.05) is 68.1 Å². The Morgan fingerprint density at radius 2 is 1.58 bits per heavy atom. The lowest BCUT2D eigenvalue weighted by molar-refractivity contribution is -0.384. The molecule has 3 N–H and O–H groups in total. The van der Waals surface area contributed by atoms with Crippen LogP contribution in [0.2, 0.25) is 0 Å². The molecule has 2 aliphatic rings. The van der Waals surface area contributed by atoms with Crippen molar-refractivity contribution in [2.45, 2.75) is 53.8 Å². The molecule has 0 aliphatic carbocycles. The summed E-state index contributed by atoms with van der Waals surface area (Å²) in [5.74, 6) is -3.17. The predicted octanol–water partition coefficient (Wildman–Crippen LogP) is 4.20. The van der Waals surface area contributed by atoms with Gasteiger partial charge in [0.25, 0.3) is 5.69 Å². The number of nitrogens with two attached hydrogens (primary N) is 1. The summed E-state index contributed by atoms with van der Waals surface area (Å²) in [4.78, 5) is 66.3. The summed E-state index contributed by atoms with van der Waals surface area (Å²) >= 11 is 1.95. The Labute approximate surface area is 283 Å². The van der Waals surface area contributed by atoms with E-state index in [1.807, 2.05) is 24.3 Å². The average molecular weight is 708 g/mol. The van der Waals surface area contributed by atoms with Crippen molar-refractivity contribution in [1.29, 1.82) is 0 Å². The highest BCUT2D eigenvalue weighted by atomic mass is 32.2. The lowest BCUT2D eigenvalue weighted by Crippen LogP contribution is -2.33. The van der Waals surface area contributed by atoms with Gasteiger partial charge in [0.15, 0.2) is 0 Å². The van der Waals surface area contributed by atoms with Crippen molar-refractivity contribution in [3.05, 3.63) is 109 Å². The minimum Gasteiger partial charge on any atom is -0.325 e. The number of nitrogens with zero attached hydrogens (tertiary/aromatic N) is 3. The fraction of sp³-hybridized carbons (Fsp3) is 0.250. The van der Waals surface area contributed by atoms with Gasteiger partial charge in [-0.15, -0.1) is 0 Å². The molecule has 0 unspecified atom stereocenters. The molecule has 248 valence electrons. The number of imide groups is 1. The third-order valence-electron chi connectivity index (χ3n) is 8.27. The van der Waals surface area contributed by atoms with Gasteiger partial charge in [-0.05, 0) is 52.9 Å². The summed E-state index contributed by atoms with van der Waals surface area (Å²) in [6.45, 7) is 5.80. The van der Waals surface area contributed by atoms with E-state index in [9.17, 15) is 37.7 Å². The average Bonchev–Trinajstić information content (AvgIpc) is 3.46. The number of rotatable bonds is 7. The van der Waals surface area contributed by atoms with Gasteiger partial charge in [0.05, 0.1) is 26.5 Å². The summed E-state index contributed by atoms with van der Waals surface area (Å²) < 4.78 is 24.4. The maximum absolute atomic E-state index is 14.1. The number of carbonyl (C=O) groups is 3. The van der Waals surface area contributed by atoms with E-state index in [1.54, 1.807) is 0 Å². The maximum Gasteiger partial charge on any atom is 0.308 e. The number of fused-ring (bicyclic) bond motifs is 2. The molecule has 13 nitrogen and oxygen atoms in total. The molecule has 1 saturated heterocycles. The molecule has 3 aromatic carbocycles. The van der Waals surface area contributed by atoms with Crippen molar-refractivity contribution in [3.8, 4) is 0 Å². The molecule has 16 heteroatoms. The third kappa shape index (κ3) is 6.07. The zero-order valence-corrected chi connectivity index (χ0v) is 28.2. The zero-order valence-electron chi connectivity index (χ0n) is 25.8. The molecule has 48 heavy (non-hydrogen) atoms. The number of carbonyl (C=O) groups excluding carboxylic acids is 3. The standard InChI is InChI=1S/C32H29N5O8S3/c1-32(2,3)18-6-4-17(5-7-18)24-25-26(29(40)36(28(25)39)20-10-12-21(13-11-20)37(42)43)46-30-27(24)47-31(41)35(30)16-23(38)34-19-8-14-22(15-9-19)48(33,44)45/h4-15,24-26H,16H2,1-3H3,(H,34,38)(H2,33,44,45)/t24-,25-,26+/m0/s1. The van der Waals surface area contributed by atoms with Gasteiger partial charge in [-0.2, -0.15) is 0 Å². The fourth-order valence-electron chi connectivity index (χ4n) is 5.85. The fourth-order valence-corrected chi connectivity index (χ4v) is 9.14. The van der Waals surface area contributed by atoms with Crippen LogP contribution in [0, 0.1) is 16.0 Å². The third-order valence-corrected chi connectivity index (χ3v) is 11.8. The highest BCUT2D eigenvalue weighted by Crippen LogP contribution is 2.54. The van der Waals surface area contributed by atoms with Gasteiger partial charge in [-0.3, -0.25) is 33.9 Å². The number of sulfonamides is 1. The Bertz CT molecular complexity index is 2140. The molecule has 0 radical (unpaired) electrons. The van der Waals surface area contributed by atoms with E-state index in [0.717, 1.165) is 39.1 Å². The SMILES string of the molecule is CC(C)(C)c1ccc([C@@H]2c3sc(=O)n(CC(=O)Nc4ccc(S(N)(=O)=O)cc4)c3S[C@H]3C(=O)N(c4ccc([N+](=O)[O-])cc4)C(=O)[C@@H]23)cc1. The van der Waals surface area contributed by atoms with Crippen LogP contribution in [-0.4, -0.2) is 40.9 Å². The summed E-state index contributed by atoms with van der Waals surface area (Å²) in [6, 6.07) is 18.1. The van der Waals surface area contributed by atoms with E-state index in [2.05, 4.69) is 26.1 Å². The number of nitro groups is 1. The van der Waals surface area contributed by atoms with Crippen molar-refractivity contribution < 1.29 is 27.7 Å². The molecule has 1 aromatic heterocycles. The lowest BCUT2D eigenvalue weighted by Gasteiger charge is -2.31. The van der Waals surface area contributed by atoms with Crippen LogP contribution in [0.1, 0.15) is 42.7 Å². The number of thiazole rings is 1. The van der Waals surface area contributed by atoms with Gasteiger partial charge in [0, 0.05) is 28.6 Å². The quantitative estimate of drug-likeness (QED) is 0.161. The van der Waals surface area contributed by atoms with Crippen molar-refractivity contribution in [2.75, 3.05) is 10.2 Å². The number of amides is 3. The van der Waals surface area contributed by atoms with Crippen LogP contribution < -0.4 is 20.2 Å². The van der Waals surface area contributed by atoms with E-state index in [4.69, 9.17) is 5.14 Å². The minimum absolute atomic E-state index is 0.130. The smallest absolute Gasteiger partial charge is 0.308 e. The number of non-ortho nitro benzene ring substituents is 1. The first-order valence-corrected chi connectivity index (χ1v) is 17.8. The van der Waals surface area contributed by atoms with Gasteiger partial charge < -0.3 is 5.32 Å². The van der Waals surface area contributed by atoms with Crippen molar-refractivity contribution in [2.24, 2.45) is 11.1 Å². The molecule has 4 aromatic rings. The Kier molecular flexibility index (Phi) is 8.39. The predicted molar refractivity (Wildman–Crippen MR) is 181 cm³/mol. The summed E-state index contributed by atoms with van der Waals surface area (Å²) in [5.41, 5.74) is 1.91. The number of thioether (sulfide) groups is 1. The van der Waals surface area contributed by atoms with E-state index in [-0.39, 0.29) is 27.4 Å². The molecule has 2 aliphatic heterocycles. The van der Waals surface area contributed by atoms with E-state index < -0.39 is 61.2 Å². The molecule has 3 amide bonds. The number of hydrogen-bond donors (Lipinski definition) is 2. The van der Waals surface area contributed by atoms with Crippen molar-refractivity contribution in [3.63, 3.8) is 0 Å². The van der Waals surface area contributed by atoms with Crippen LogP contribution in [0.3, 0.4) is 0 Å². The van der Waals surface area contributed by atoms with Crippen molar-refractivity contribution >= 4 is 67.9 Å². The number of benzene rings is 3. The second-order valence-electron chi connectivity index (χ2n) is 12.4. The molecule has 1 fully saturated rings. The summed E-state index contributed by atoms with van der Waals surface area (Å²) in [7, 11) is -3.93. The number of anilines is 2. The molecule has 0 spiro atoms. The Morgan fingerprint density at radius 1 is 0.958 bits per heavy atom. The van der Waals surface area contributed by atoms with Crippen LogP contribution in [0.25, 0.3) is 0 Å². The second kappa shape index (κ2) is 12.1. The molecule has 0 saturated carbocycles. The molecule has 3 atom stereocenters. The Morgan fingerprint density at radius 3 is 2.15 bits per heavy atom. The normalized spacial score (nSPS) is 19.2. The lowest BCUT2D eigenvalue weighted by atomic mass is 9.81. The molecule has 6 rings (SSSR count). The molecular weight excluding hydrogens is 679 g/mol. The van der Waals surface area contributed by atoms with Crippen LogP contribution in [-0.2, 0) is 36.4 Å². The molecular formula is C32H29N5O8S3. The van der Waals surface area contributed by atoms with Gasteiger partial charge in [-0.25, -0.2) is 18.5 Å². The largest absolute Gasteiger partial charge is 0.325 e. The highest BCUT2D eigenvalue weighted by Gasteiger charge is 2.57. The van der Waals surface area contributed by atoms with E-state index in [0.29, 0.717) is 9.90 Å². The topological polar surface area (TPSA) is 192 Å². The highest BCUT2D eigenvalue weighted by molar-refractivity contribution is 8.00. The van der Waals surface area contributed by atoms with Crippen molar-refractivity contribution in [1.82, 2.24) is 4.57 Å². The van der Waals surface area contributed by atoms with E-state index >= 15 is 0 Å². The second-order valence-corrected chi connectivity index (χ2v) is 16.1. The monoisotopic (exact) mass is 707 g/mol. The molecule has 3 heterocycles. The van der Waals surface area contributed by atoms with Crippen LogP contribution in [0.5, 0.6) is 0 Å². The molecule has 0 bridgehead atoms. The van der Waals surface area contributed by atoms with Gasteiger partial charge in [0.2, 0.25) is 27.7 Å². The summed E-state index contributed by atoms with van der Waals surface area (Å²) in [5, 5.41) is 18.4. The minimum atomic E-state index is -3.93. The Balaban J connectivity index is 1.38. The first-order chi connectivity index (χ1) is 22.5. The van der Waals surface area contributed by atoms with Crippen LogP contribution in [0.4, 0.5) is 17.1 Å². The number of aromatic nitrogens is 1. The first-order valence-electron chi connectivity index (χ1n) is 14.6. The first kappa shape index (κ1) is 33.3. The number of hydrogen-bond acceptors (Lipinski definition) is 10. The maximum atomic E-state index is 14.1. The number of nitro benzene ring substituents is 1. The van der Waals surface area contributed by atoms with Crippen LogP contribution >= 0.6 is 23.1 Å². The van der Waals surface area contributed by atoms with Gasteiger partial charge >= 0.3 is 4.87 Å². The Hall–Kier alpha value is -4.64. The zero-order chi connectivity index (χ0) is 34.7. The summed E-state index contributed by atoms with van der Waals surface area (Å²) in [6.07, 6.45) is 0. The van der Waals surface area contributed by atoms with E-state index in [1.165, 1.54) is 53.1 Å². The van der Waals surface area contributed by atoms with Crippen LogP contribution in [0.15, 0.2) is 87.5 Å². The van der Waals surface area contributed by atoms with Gasteiger partial charge in [0.1, 0.15) is 11.8 Å². The number of primary sulfonamides is 1.